The van der Waals surface area contributed by atoms with Crippen LogP contribution < -0.4 is 16.0 Å². The van der Waals surface area contributed by atoms with E-state index < -0.39 is 5.41 Å². The second kappa shape index (κ2) is 10.5. The highest BCUT2D eigenvalue weighted by atomic mass is 127. The van der Waals surface area contributed by atoms with Crippen molar-refractivity contribution in [3.63, 3.8) is 0 Å². The number of benzene rings is 2. The smallest absolute Gasteiger partial charge is 0.227 e. The first kappa shape index (κ1) is 23.2. The molecule has 1 amide bonds. The highest BCUT2D eigenvalue weighted by Gasteiger charge is 2.26. The number of nitrogens with one attached hydrogen (secondary N) is 3. The summed E-state index contributed by atoms with van der Waals surface area (Å²) in [5, 5.41) is 11.8. The Morgan fingerprint density at radius 3 is 2.44 bits per heavy atom. The molecule has 0 aliphatic carbocycles. The fourth-order valence-electron chi connectivity index (χ4n) is 2.77. The van der Waals surface area contributed by atoms with Gasteiger partial charge in [-0.2, -0.15) is 0 Å². The third kappa shape index (κ3) is 6.37. The summed E-state index contributed by atoms with van der Waals surface area (Å²) in [5.41, 5.74) is 0.642. The molecule has 1 unspecified atom stereocenters. The van der Waals surface area contributed by atoms with Crippen molar-refractivity contribution in [2.75, 3.05) is 20.1 Å². The molecule has 0 aromatic heterocycles. The van der Waals surface area contributed by atoms with Gasteiger partial charge in [0.25, 0.3) is 0 Å². The molecule has 0 fully saturated rings. The maximum Gasteiger partial charge on any atom is 0.227 e. The van der Waals surface area contributed by atoms with Gasteiger partial charge < -0.3 is 16.0 Å². The molecular formula is C21H31IN4O. The number of rotatable bonds is 6. The van der Waals surface area contributed by atoms with Crippen molar-refractivity contribution in [1.82, 2.24) is 16.0 Å². The van der Waals surface area contributed by atoms with Gasteiger partial charge in [0, 0.05) is 13.6 Å². The topological polar surface area (TPSA) is 65.5 Å². The summed E-state index contributed by atoms with van der Waals surface area (Å²) < 4.78 is 0. The van der Waals surface area contributed by atoms with E-state index in [1.165, 1.54) is 16.3 Å². The second-order valence-electron chi connectivity index (χ2n) is 7.13. The van der Waals surface area contributed by atoms with Gasteiger partial charge in [0.1, 0.15) is 0 Å². The Kier molecular flexibility index (Phi) is 9.02. The van der Waals surface area contributed by atoms with Gasteiger partial charge in [-0.05, 0) is 50.1 Å². The molecule has 0 aliphatic heterocycles. The Balaban J connectivity index is 0.00000364. The van der Waals surface area contributed by atoms with Gasteiger partial charge in [-0.25, -0.2) is 0 Å². The van der Waals surface area contributed by atoms with Gasteiger partial charge in [0.15, 0.2) is 5.96 Å². The van der Waals surface area contributed by atoms with E-state index >= 15 is 0 Å². The van der Waals surface area contributed by atoms with E-state index in [0.29, 0.717) is 12.5 Å². The Morgan fingerprint density at radius 2 is 1.81 bits per heavy atom. The van der Waals surface area contributed by atoms with Gasteiger partial charge in [-0.15, -0.1) is 24.0 Å². The minimum atomic E-state index is -0.552. The van der Waals surface area contributed by atoms with Crippen molar-refractivity contribution in [2.45, 2.75) is 33.7 Å². The second-order valence-corrected chi connectivity index (χ2v) is 7.13. The summed E-state index contributed by atoms with van der Waals surface area (Å²) in [5.74, 6) is 0.699. The largest absolute Gasteiger partial charge is 0.359 e. The standard InChI is InChI=1S/C21H30N4O.HI/c1-6-23-20(24-14-21(3,4)19(26)22-5)25-15(2)17-12-11-16-9-7-8-10-18(16)13-17;/h7-13,15H,6,14H2,1-5H3,(H,22,26)(H2,23,24,25);1H. The average molecular weight is 482 g/mol. The maximum atomic E-state index is 12.0. The van der Waals surface area contributed by atoms with Gasteiger partial charge in [0.05, 0.1) is 18.0 Å². The molecule has 2 rings (SSSR count). The lowest BCUT2D eigenvalue weighted by Crippen LogP contribution is -2.41. The number of guanidine groups is 1. The third-order valence-corrected chi connectivity index (χ3v) is 4.45. The summed E-state index contributed by atoms with van der Waals surface area (Å²) in [6, 6.07) is 14.9. The van der Waals surface area contributed by atoms with Crippen LogP contribution in [0, 0.1) is 5.41 Å². The molecular weight excluding hydrogens is 451 g/mol. The molecule has 0 saturated heterocycles. The van der Waals surface area contributed by atoms with Crippen LogP contribution in [0.25, 0.3) is 10.8 Å². The van der Waals surface area contributed by atoms with Gasteiger partial charge in [0.2, 0.25) is 5.91 Å². The van der Waals surface area contributed by atoms with Crippen LogP contribution in [0.15, 0.2) is 47.5 Å². The molecule has 148 valence electrons. The molecule has 5 nitrogen and oxygen atoms in total. The van der Waals surface area contributed by atoms with Crippen molar-refractivity contribution in [2.24, 2.45) is 10.4 Å². The maximum absolute atomic E-state index is 12.0. The lowest BCUT2D eigenvalue weighted by molar-refractivity contribution is -0.128. The quantitative estimate of drug-likeness (QED) is 0.333. The number of fused-ring (bicyclic) bond motifs is 1. The highest BCUT2D eigenvalue weighted by Crippen LogP contribution is 2.20. The SMILES string of the molecule is CCNC(=NCC(C)(C)C(=O)NC)NC(C)c1ccc2ccccc2c1.I. The lowest BCUT2D eigenvalue weighted by Gasteiger charge is -2.23. The van der Waals surface area contributed by atoms with E-state index in [4.69, 9.17) is 0 Å². The molecule has 3 N–H and O–H groups in total. The van der Waals surface area contributed by atoms with Crippen LogP contribution >= 0.6 is 24.0 Å². The predicted octanol–water partition coefficient (Wildman–Crippen LogP) is 3.85. The lowest BCUT2D eigenvalue weighted by atomic mass is 9.93. The molecule has 2 aromatic carbocycles. The molecule has 0 spiro atoms. The monoisotopic (exact) mass is 482 g/mol. The number of carbonyl (C=O) groups is 1. The Morgan fingerprint density at radius 1 is 1.15 bits per heavy atom. The number of halogens is 1. The minimum Gasteiger partial charge on any atom is -0.359 e. The first-order valence-corrected chi connectivity index (χ1v) is 9.13. The van der Waals surface area contributed by atoms with E-state index in [1.807, 2.05) is 26.8 Å². The first-order chi connectivity index (χ1) is 12.4. The third-order valence-electron chi connectivity index (χ3n) is 4.45. The van der Waals surface area contributed by atoms with Crippen molar-refractivity contribution >= 4 is 46.6 Å². The van der Waals surface area contributed by atoms with Gasteiger partial charge in [-0.3, -0.25) is 9.79 Å². The number of amides is 1. The van der Waals surface area contributed by atoms with Crippen LogP contribution in [-0.2, 0) is 4.79 Å². The molecule has 1 atom stereocenters. The Bertz CT molecular complexity index is 789. The summed E-state index contributed by atoms with van der Waals surface area (Å²) in [6.45, 7) is 9.10. The van der Waals surface area contributed by atoms with Crippen molar-refractivity contribution < 1.29 is 4.79 Å². The summed E-state index contributed by atoms with van der Waals surface area (Å²) in [7, 11) is 1.65. The van der Waals surface area contributed by atoms with Crippen molar-refractivity contribution in [3.05, 3.63) is 48.0 Å². The number of carbonyl (C=O) groups excluding carboxylic acids is 1. The normalized spacial score (nSPS) is 12.9. The van der Waals surface area contributed by atoms with Crippen LogP contribution in [-0.4, -0.2) is 32.0 Å². The fourth-order valence-corrected chi connectivity index (χ4v) is 2.77. The van der Waals surface area contributed by atoms with Crippen molar-refractivity contribution in [3.8, 4) is 0 Å². The van der Waals surface area contributed by atoms with Crippen LogP contribution in [0.3, 0.4) is 0 Å². The summed E-state index contributed by atoms with van der Waals surface area (Å²) >= 11 is 0. The van der Waals surface area contributed by atoms with E-state index in [0.717, 1.165) is 6.54 Å². The molecule has 0 radical (unpaired) electrons. The highest BCUT2D eigenvalue weighted by molar-refractivity contribution is 14.0. The van der Waals surface area contributed by atoms with Gasteiger partial charge >= 0.3 is 0 Å². The van der Waals surface area contributed by atoms with Crippen LogP contribution in [0.2, 0.25) is 0 Å². The van der Waals surface area contributed by atoms with Crippen LogP contribution in [0.5, 0.6) is 0 Å². The zero-order chi connectivity index (χ0) is 19.2. The zero-order valence-electron chi connectivity index (χ0n) is 16.8. The van der Waals surface area contributed by atoms with Crippen molar-refractivity contribution in [1.29, 1.82) is 0 Å². The predicted molar refractivity (Wildman–Crippen MR) is 125 cm³/mol. The number of nitrogens with zero attached hydrogens (tertiary/aromatic N) is 1. The van der Waals surface area contributed by atoms with Crippen LogP contribution in [0.4, 0.5) is 0 Å². The molecule has 0 bridgehead atoms. The summed E-state index contributed by atoms with van der Waals surface area (Å²) in [4.78, 5) is 16.6. The fraction of sp³-hybridized carbons (Fsp3) is 0.429. The van der Waals surface area contributed by atoms with E-state index in [1.54, 1.807) is 7.05 Å². The molecule has 0 aliphatic rings. The summed E-state index contributed by atoms with van der Waals surface area (Å²) in [6.07, 6.45) is 0. The molecule has 0 heterocycles. The number of hydrogen-bond acceptors (Lipinski definition) is 2. The first-order valence-electron chi connectivity index (χ1n) is 9.13. The number of hydrogen-bond donors (Lipinski definition) is 3. The molecule has 6 heteroatoms. The Labute approximate surface area is 179 Å². The van der Waals surface area contributed by atoms with Gasteiger partial charge in [-0.1, -0.05) is 36.4 Å². The zero-order valence-corrected chi connectivity index (χ0v) is 19.1. The Hall–Kier alpha value is -1.83. The average Bonchev–Trinajstić information content (AvgIpc) is 2.65. The molecule has 0 saturated carbocycles. The minimum absolute atomic E-state index is 0. The van der Waals surface area contributed by atoms with Crippen LogP contribution in [0.1, 0.15) is 39.3 Å². The van der Waals surface area contributed by atoms with E-state index in [-0.39, 0.29) is 35.9 Å². The molecule has 2 aromatic rings. The molecule has 27 heavy (non-hydrogen) atoms. The number of aliphatic imine (C=N–C) groups is 1. The van der Waals surface area contributed by atoms with E-state index in [9.17, 15) is 4.79 Å². The van der Waals surface area contributed by atoms with E-state index in [2.05, 4.69) is 64.3 Å².